The summed E-state index contributed by atoms with van der Waals surface area (Å²) in [6.07, 6.45) is -1.38. The first-order chi connectivity index (χ1) is 16.2. The third-order valence-corrected chi connectivity index (χ3v) is 4.94. The van der Waals surface area contributed by atoms with Gasteiger partial charge in [-0.25, -0.2) is 4.79 Å². The zero-order valence-electron chi connectivity index (χ0n) is 20.2. The van der Waals surface area contributed by atoms with Gasteiger partial charge in [-0.15, -0.1) is 0 Å². The number of nitrogens with two attached hydrogens (primary N) is 4. The highest BCUT2D eigenvalue weighted by Crippen LogP contribution is 2.07. The minimum absolute atomic E-state index is 0.0365. The van der Waals surface area contributed by atoms with Crippen LogP contribution in [0.5, 0.6) is 0 Å². The Hall–Kier alpha value is -3.46. The van der Waals surface area contributed by atoms with Crippen LogP contribution in [-0.2, 0) is 24.0 Å². The number of aliphatic imine (C=N–C) groups is 1. The number of primary amides is 1. The molecule has 0 saturated heterocycles. The fourth-order valence-corrected chi connectivity index (χ4v) is 2.85. The molecule has 0 rings (SSSR count). The van der Waals surface area contributed by atoms with E-state index in [-0.39, 0.29) is 38.2 Å². The van der Waals surface area contributed by atoms with E-state index in [1.807, 2.05) is 0 Å². The number of aliphatic hydroxyl groups is 1. The van der Waals surface area contributed by atoms with E-state index in [4.69, 9.17) is 22.9 Å². The largest absolute Gasteiger partial charge is 0.480 e. The van der Waals surface area contributed by atoms with Crippen molar-refractivity contribution in [3.8, 4) is 0 Å². The maximum Gasteiger partial charge on any atom is 0.326 e. The first-order valence-corrected chi connectivity index (χ1v) is 11.1. The molecule has 5 unspecified atom stereocenters. The molecule has 0 heterocycles. The molecule has 0 aliphatic heterocycles. The molecule has 200 valence electrons. The Balaban J connectivity index is 5.67. The molecule has 5 atom stereocenters. The standard InChI is InChI=1S/C20H38N8O7/c1-9(2)15(19(34)35)28-17(32)12(6-7-13(21)30)26-16(31)11(5-4-8-25-20(23)24)27-18(33)14(22)10(3)29/h9-12,14-15,29H,4-8,22H2,1-3H3,(H2,21,30)(H,26,31)(H,27,33)(H,28,32)(H,34,35)(H4,23,24,25). The van der Waals surface area contributed by atoms with Crippen molar-refractivity contribution in [2.45, 2.75) is 76.7 Å². The summed E-state index contributed by atoms with van der Waals surface area (Å²) in [5, 5.41) is 26.1. The van der Waals surface area contributed by atoms with Gasteiger partial charge in [0, 0.05) is 13.0 Å². The van der Waals surface area contributed by atoms with Gasteiger partial charge >= 0.3 is 5.97 Å². The fraction of sp³-hybridized carbons (Fsp3) is 0.700. The Kier molecular flexibility index (Phi) is 13.9. The summed E-state index contributed by atoms with van der Waals surface area (Å²) in [6.45, 7) is 4.62. The molecule has 13 N–H and O–H groups in total. The summed E-state index contributed by atoms with van der Waals surface area (Å²) < 4.78 is 0. The lowest BCUT2D eigenvalue weighted by Crippen LogP contribution is -2.58. The fourth-order valence-electron chi connectivity index (χ4n) is 2.85. The minimum Gasteiger partial charge on any atom is -0.480 e. The third kappa shape index (κ3) is 12.5. The number of guanidine groups is 1. The summed E-state index contributed by atoms with van der Waals surface area (Å²) in [6, 6.07) is -5.09. The highest BCUT2D eigenvalue weighted by atomic mass is 16.4. The predicted molar refractivity (Wildman–Crippen MR) is 126 cm³/mol. The van der Waals surface area contributed by atoms with Crippen molar-refractivity contribution < 1.29 is 34.2 Å². The second kappa shape index (κ2) is 15.4. The first kappa shape index (κ1) is 31.5. The lowest BCUT2D eigenvalue weighted by atomic mass is 10.0. The Labute approximate surface area is 203 Å². The van der Waals surface area contributed by atoms with Crippen molar-refractivity contribution in [3.05, 3.63) is 0 Å². The van der Waals surface area contributed by atoms with Gasteiger partial charge in [0.2, 0.25) is 23.6 Å². The highest BCUT2D eigenvalue weighted by Gasteiger charge is 2.31. The highest BCUT2D eigenvalue weighted by molar-refractivity contribution is 5.94. The molecule has 0 aliphatic rings. The van der Waals surface area contributed by atoms with Gasteiger partial charge in [0.1, 0.15) is 24.2 Å². The van der Waals surface area contributed by atoms with Gasteiger partial charge in [-0.2, -0.15) is 0 Å². The molecule has 0 fully saturated rings. The SMILES string of the molecule is CC(C)C(NC(=O)C(CCC(N)=O)NC(=O)C(CCCN=C(N)N)NC(=O)C(N)C(C)O)C(=O)O. The van der Waals surface area contributed by atoms with Crippen molar-refractivity contribution in [2.24, 2.45) is 33.8 Å². The summed E-state index contributed by atoms with van der Waals surface area (Å²) in [4.78, 5) is 64.6. The van der Waals surface area contributed by atoms with E-state index < -0.39 is 65.8 Å². The van der Waals surface area contributed by atoms with Crippen LogP contribution in [0.1, 0.15) is 46.5 Å². The number of carbonyl (C=O) groups is 5. The Morgan fingerprint density at radius 1 is 0.857 bits per heavy atom. The molecule has 0 bridgehead atoms. The Bertz CT molecular complexity index is 783. The van der Waals surface area contributed by atoms with E-state index in [2.05, 4.69) is 20.9 Å². The molecule has 0 aromatic carbocycles. The van der Waals surface area contributed by atoms with E-state index >= 15 is 0 Å². The molecule has 0 aromatic heterocycles. The van der Waals surface area contributed by atoms with Gasteiger partial charge in [0.05, 0.1) is 6.10 Å². The lowest BCUT2D eigenvalue weighted by molar-refractivity contribution is -0.143. The van der Waals surface area contributed by atoms with Crippen LogP contribution in [0.2, 0.25) is 0 Å². The van der Waals surface area contributed by atoms with Gasteiger partial charge in [-0.1, -0.05) is 13.8 Å². The monoisotopic (exact) mass is 502 g/mol. The quantitative estimate of drug-likeness (QED) is 0.0563. The molecule has 0 aromatic rings. The molecule has 0 saturated carbocycles. The van der Waals surface area contributed by atoms with Gasteiger partial charge in [0.25, 0.3) is 0 Å². The number of rotatable bonds is 16. The van der Waals surface area contributed by atoms with Crippen molar-refractivity contribution in [3.63, 3.8) is 0 Å². The van der Waals surface area contributed by atoms with Gasteiger partial charge in [-0.05, 0) is 32.1 Å². The smallest absolute Gasteiger partial charge is 0.326 e. The normalized spacial score (nSPS) is 15.1. The van der Waals surface area contributed by atoms with Crippen molar-refractivity contribution >= 4 is 35.6 Å². The number of carbonyl (C=O) groups excluding carboxylic acids is 4. The van der Waals surface area contributed by atoms with E-state index in [1.54, 1.807) is 13.8 Å². The molecule has 15 nitrogen and oxygen atoms in total. The number of hydrogen-bond donors (Lipinski definition) is 9. The zero-order valence-corrected chi connectivity index (χ0v) is 20.2. The van der Waals surface area contributed by atoms with Gasteiger partial charge in [-0.3, -0.25) is 24.2 Å². The van der Waals surface area contributed by atoms with Crippen LogP contribution in [-0.4, -0.2) is 82.6 Å². The zero-order chi connectivity index (χ0) is 27.3. The number of nitrogens with zero attached hydrogens (tertiary/aromatic N) is 1. The molecule has 15 heteroatoms. The van der Waals surface area contributed by atoms with Gasteiger partial charge in [0.15, 0.2) is 5.96 Å². The van der Waals surface area contributed by atoms with Crippen LogP contribution in [0.4, 0.5) is 0 Å². The maximum absolute atomic E-state index is 13.0. The summed E-state index contributed by atoms with van der Waals surface area (Å²) in [5.41, 5.74) is 21.3. The molecule has 0 spiro atoms. The number of carboxylic acid groups (broad SMARTS) is 1. The van der Waals surface area contributed by atoms with E-state index in [9.17, 15) is 34.2 Å². The minimum atomic E-state index is -1.32. The molecular weight excluding hydrogens is 464 g/mol. The molecule has 0 aliphatic carbocycles. The van der Waals surface area contributed by atoms with Crippen LogP contribution in [0.15, 0.2) is 4.99 Å². The van der Waals surface area contributed by atoms with Crippen LogP contribution in [0, 0.1) is 5.92 Å². The number of amides is 4. The van der Waals surface area contributed by atoms with Crippen molar-refractivity contribution in [2.75, 3.05) is 6.54 Å². The number of nitrogens with one attached hydrogen (secondary N) is 3. The second-order valence-electron chi connectivity index (χ2n) is 8.41. The molecule has 0 radical (unpaired) electrons. The van der Waals surface area contributed by atoms with E-state index in [1.165, 1.54) is 6.92 Å². The average Bonchev–Trinajstić information content (AvgIpc) is 2.74. The molecule has 35 heavy (non-hydrogen) atoms. The second-order valence-corrected chi connectivity index (χ2v) is 8.41. The van der Waals surface area contributed by atoms with Crippen molar-refractivity contribution in [1.82, 2.24) is 16.0 Å². The summed E-state index contributed by atoms with van der Waals surface area (Å²) in [5.74, 6) is -5.09. The number of aliphatic carboxylic acids is 1. The third-order valence-electron chi connectivity index (χ3n) is 4.94. The van der Waals surface area contributed by atoms with Crippen LogP contribution in [0.25, 0.3) is 0 Å². The van der Waals surface area contributed by atoms with Crippen molar-refractivity contribution in [1.29, 1.82) is 0 Å². The average molecular weight is 503 g/mol. The maximum atomic E-state index is 13.0. The number of hydrogen-bond acceptors (Lipinski definition) is 8. The van der Waals surface area contributed by atoms with E-state index in [0.717, 1.165) is 0 Å². The Morgan fingerprint density at radius 2 is 1.37 bits per heavy atom. The number of carboxylic acids is 1. The molecular formula is C20H38N8O7. The Morgan fingerprint density at radius 3 is 1.83 bits per heavy atom. The summed E-state index contributed by atoms with van der Waals surface area (Å²) >= 11 is 0. The summed E-state index contributed by atoms with van der Waals surface area (Å²) in [7, 11) is 0. The van der Waals surface area contributed by atoms with Crippen LogP contribution < -0.4 is 38.9 Å². The van der Waals surface area contributed by atoms with E-state index in [0.29, 0.717) is 0 Å². The molecule has 4 amide bonds. The van der Waals surface area contributed by atoms with Crippen LogP contribution >= 0.6 is 0 Å². The first-order valence-electron chi connectivity index (χ1n) is 11.1. The van der Waals surface area contributed by atoms with Gasteiger partial charge < -0.3 is 49.1 Å². The predicted octanol–water partition coefficient (Wildman–Crippen LogP) is -3.79. The lowest BCUT2D eigenvalue weighted by Gasteiger charge is -2.26. The number of aliphatic hydroxyl groups excluding tert-OH is 1. The topological polar surface area (TPSA) is 278 Å². The van der Waals surface area contributed by atoms with Crippen LogP contribution in [0.3, 0.4) is 0 Å².